The molecule has 2 N–H and O–H groups in total. The summed E-state index contributed by atoms with van der Waals surface area (Å²) < 4.78 is 2.05. The van der Waals surface area contributed by atoms with Crippen molar-refractivity contribution in [1.82, 2.24) is 9.78 Å². The molecule has 1 fully saturated rings. The van der Waals surface area contributed by atoms with Crippen molar-refractivity contribution in [2.45, 2.75) is 58.9 Å². The van der Waals surface area contributed by atoms with Gasteiger partial charge in [-0.3, -0.25) is 4.68 Å². The van der Waals surface area contributed by atoms with Crippen LogP contribution in [0, 0.1) is 17.8 Å². The second kappa shape index (κ2) is 6.08. The predicted octanol–water partition coefficient (Wildman–Crippen LogP) is 2.92. The van der Waals surface area contributed by atoms with Gasteiger partial charge in [-0.05, 0) is 55.9 Å². The van der Waals surface area contributed by atoms with E-state index in [-0.39, 0.29) is 0 Å². The standard InChI is InChI=1S/C16H29N3/c1-5-14-10-15(19(4)18-14)9-13-8-12(11(2)3)6-7-16(13)17/h10-13,16H,5-9,17H2,1-4H3. The van der Waals surface area contributed by atoms with Gasteiger partial charge >= 0.3 is 0 Å². The first-order chi connectivity index (χ1) is 9.01. The largest absolute Gasteiger partial charge is 0.327 e. The van der Waals surface area contributed by atoms with E-state index in [9.17, 15) is 0 Å². The lowest BCUT2D eigenvalue weighted by molar-refractivity contribution is 0.188. The van der Waals surface area contributed by atoms with E-state index in [1.165, 1.54) is 30.7 Å². The number of nitrogens with zero attached hydrogens (tertiary/aromatic N) is 2. The van der Waals surface area contributed by atoms with Crippen LogP contribution >= 0.6 is 0 Å². The maximum absolute atomic E-state index is 6.35. The molecule has 1 aliphatic carbocycles. The fraction of sp³-hybridized carbons (Fsp3) is 0.812. The van der Waals surface area contributed by atoms with Crippen molar-refractivity contribution < 1.29 is 0 Å². The first kappa shape index (κ1) is 14.6. The molecule has 108 valence electrons. The highest BCUT2D eigenvalue weighted by atomic mass is 15.3. The van der Waals surface area contributed by atoms with Gasteiger partial charge in [-0.2, -0.15) is 5.10 Å². The Morgan fingerprint density at radius 1 is 1.42 bits per heavy atom. The Morgan fingerprint density at radius 3 is 2.74 bits per heavy atom. The van der Waals surface area contributed by atoms with Crippen LogP contribution in [0.3, 0.4) is 0 Å². The zero-order valence-corrected chi connectivity index (χ0v) is 12.9. The Kier molecular flexibility index (Phi) is 4.67. The second-order valence-electron chi connectivity index (χ2n) is 6.55. The number of aromatic nitrogens is 2. The summed E-state index contributed by atoms with van der Waals surface area (Å²) in [5, 5.41) is 4.55. The van der Waals surface area contributed by atoms with E-state index in [1.807, 2.05) is 4.68 Å². The molecular formula is C16H29N3. The molecule has 2 rings (SSSR count). The van der Waals surface area contributed by atoms with Crippen LogP contribution in [-0.2, 0) is 19.9 Å². The van der Waals surface area contributed by atoms with Gasteiger partial charge in [-0.25, -0.2) is 0 Å². The van der Waals surface area contributed by atoms with Gasteiger partial charge < -0.3 is 5.73 Å². The molecular weight excluding hydrogens is 234 g/mol. The normalized spacial score (nSPS) is 28.0. The van der Waals surface area contributed by atoms with E-state index >= 15 is 0 Å². The Morgan fingerprint density at radius 2 is 2.16 bits per heavy atom. The Hall–Kier alpha value is -0.830. The third kappa shape index (κ3) is 3.38. The number of hydrogen-bond acceptors (Lipinski definition) is 2. The lowest BCUT2D eigenvalue weighted by Crippen LogP contribution is -2.38. The van der Waals surface area contributed by atoms with Crippen molar-refractivity contribution in [3.05, 3.63) is 17.5 Å². The molecule has 19 heavy (non-hydrogen) atoms. The molecule has 3 unspecified atom stereocenters. The van der Waals surface area contributed by atoms with Crippen LogP contribution in [0.5, 0.6) is 0 Å². The van der Waals surface area contributed by atoms with Gasteiger partial charge in [0.15, 0.2) is 0 Å². The maximum atomic E-state index is 6.35. The fourth-order valence-corrected chi connectivity index (χ4v) is 3.37. The minimum atomic E-state index is 0.370. The van der Waals surface area contributed by atoms with Gasteiger partial charge in [0, 0.05) is 18.8 Å². The summed E-state index contributed by atoms with van der Waals surface area (Å²) >= 11 is 0. The van der Waals surface area contributed by atoms with Crippen LogP contribution in [0.15, 0.2) is 6.07 Å². The molecule has 0 aromatic carbocycles. The van der Waals surface area contributed by atoms with Gasteiger partial charge in [-0.1, -0.05) is 20.8 Å². The average molecular weight is 263 g/mol. The molecule has 0 amide bonds. The molecule has 1 heterocycles. The molecule has 1 aliphatic rings. The third-order valence-corrected chi connectivity index (χ3v) is 4.89. The monoisotopic (exact) mass is 263 g/mol. The van der Waals surface area contributed by atoms with E-state index < -0.39 is 0 Å². The topological polar surface area (TPSA) is 43.8 Å². The van der Waals surface area contributed by atoms with Gasteiger partial charge in [-0.15, -0.1) is 0 Å². The van der Waals surface area contributed by atoms with Crippen molar-refractivity contribution in [2.75, 3.05) is 0 Å². The number of rotatable bonds is 4. The Balaban J connectivity index is 2.05. The SMILES string of the molecule is CCc1cc(CC2CC(C(C)C)CCC2N)n(C)n1. The molecule has 3 heteroatoms. The zero-order chi connectivity index (χ0) is 14.0. The smallest absolute Gasteiger partial charge is 0.0624 e. The van der Waals surface area contributed by atoms with Crippen LogP contribution in [0.4, 0.5) is 0 Å². The highest BCUT2D eigenvalue weighted by molar-refractivity contribution is 5.11. The van der Waals surface area contributed by atoms with Crippen molar-refractivity contribution in [3.63, 3.8) is 0 Å². The highest BCUT2D eigenvalue weighted by Gasteiger charge is 2.30. The van der Waals surface area contributed by atoms with Crippen LogP contribution in [-0.4, -0.2) is 15.8 Å². The van der Waals surface area contributed by atoms with Gasteiger partial charge in [0.2, 0.25) is 0 Å². The van der Waals surface area contributed by atoms with E-state index in [4.69, 9.17) is 5.73 Å². The molecule has 0 radical (unpaired) electrons. The molecule has 0 spiro atoms. The van der Waals surface area contributed by atoms with Gasteiger partial charge in [0.25, 0.3) is 0 Å². The van der Waals surface area contributed by atoms with Crippen LogP contribution in [0.1, 0.15) is 51.4 Å². The molecule has 0 saturated heterocycles. The Bertz CT molecular complexity index is 408. The van der Waals surface area contributed by atoms with Crippen LogP contribution in [0.2, 0.25) is 0 Å². The summed E-state index contributed by atoms with van der Waals surface area (Å²) in [5.74, 6) is 2.26. The molecule has 1 aromatic heterocycles. The van der Waals surface area contributed by atoms with Gasteiger partial charge in [0.1, 0.15) is 0 Å². The molecule has 1 aromatic rings. The fourth-order valence-electron chi connectivity index (χ4n) is 3.37. The summed E-state index contributed by atoms with van der Waals surface area (Å²) in [6.45, 7) is 6.85. The minimum absolute atomic E-state index is 0.370. The average Bonchev–Trinajstić information content (AvgIpc) is 2.72. The molecule has 0 bridgehead atoms. The highest BCUT2D eigenvalue weighted by Crippen LogP contribution is 2.34. The van der Waals surface area contributed by atoms with Crippen molar-refractivity contribution >= 4 is 0 Å². The van der Waals surface area contributed by atoms with Crippen LogP contribution < -0.4 is 5.73 Å². The van der Waals surface area contributed by atoms with Crippen molar-refractivity contribution in [2.24, 2.45) is 30.5 Å². The summed E-state index contributed by atoms with van der Waals surface area (Å²) in [5.41, 5.74) is 8.89. The summed E-state index contributed by atoms with van der Waals surface area (Å²) in [6, 6.07) is 2.63. The second-order valence-corrected chi connectivity index (χ2v) is 6.55. The van der Waals surface area contributed by atoms with Gasteiger partial charge in [0.05, 0.1) is 5.69 Å². The van der Waals surface area contributed by atoms with Crippen molar-refractivity contribution in [3.8, 4) is 0 Å². The van der Waals surface area contributed by atoms with E-state index in [0.717, 1.165) is 24.7 Å². The number of nitrogens with two attached hydrogens (primary N) is 1. The van der Waals surface area contributed by atoms with E-state index in [1.54, 1.807) is 0 Å². The molecule has 0 aliphatic heterocycles. The quantitative estimate of drug-likeness (QED) is 0.907. The molecule has 3 nitrogen and oxygen atoms in total. The number of hydrogen-bond donors (Lipinski definition) is 1. The summed E-state index contributed by atoms with van der Waals surface area (Å²) in [6.07, 6.45) is 5.88. The molecule has 3 atom stereocenters. The first-order valence-electron chi connectivity index (χ1n) is 7.78. The zero-order valence-electron chi connectivity index (χ0n) is 12.9. The maximum Gasteiger partial charge on any atom is 0.0624 e. The third-order valence-electron chi connectivity index (χ3n) is 4.89. The van der Waals surface area contributed by atoms with E-state index in [2.05, 4.69) is 39.0 Å². The predicted molar refractivity (Wildman–Crippen MR) is 79.9 cm³/mol. The first-order valence-corrected chi connectivity index (χ1v) is 7.78. The lowest BCUT2D eigenvalue weighted by Gasteiger charge is -2.36. The van der Waals surface area contributed by atoms with Crippen molar-refractivity contribution in [1.29, 1.82) is 0 Å². The number of aryl methyl sites for hydroxylation is 2. The van der Waals surface area contributed by atoms with Crippen LogP contribution in [0.25, 0.3) is 0 Å². The Labute approximate surface area is 117 Å². The van der Waals surface area contributed by atoms with E-state index in [0.29, 0.717) is 12.0 Å². The summed E-state index contributed by atoms with van der Waals surface area (Å²) in [4.78, 5) is 0. The summed E-state index contributed by atoms with van der Waals surface area (Å²) in [7, 11) is 2.06. The molecule has 1 saturated carbocycles. The minimum Gasteiger partial charge on any atom is -0.327 e. The lowest BCUT2D eigenvalue weighted by atomic mass is 9.72.